The Morgan fingerprint density at radius 3 is 1.52 bits per heavy atom. The predicted molar refractivity (Wildman–Crippen MR) is 135 cm³/mol. The van der Waals surface area contributed by atoms with Gasteiger partial charge in [0.15, 0.2) is 11.5 Å². The molecule has 1 heterocycles. The van der Waals surface area contributed by atoms with Gasteiger partial charge in [0, 0.05) is 11.1 Å². The molecule has 0 saturated heterocycles. The fourth-order valence-corrected chi connectivity index (χ4v) is 4.63. The molecule has 5 rings (SSSR count). The molecule has 0 fully saturated rings. The Balaban J connectivity index is 1.87. The van der Waals surface area contributed by atoms with E-state index >= 15 is 0 Å². The minimum absolute atomic E-state index is 0.0802. The minimum atomic E-state index is -1.27. The van der Waals surface area contributed by atoms with E-state index in [0.717, 1.165) is 11.1 Å². The Morgan fingerprint density at radius 1 is 0.545 bits per heavy atom. The van der Waals surface area contributed by atoms with Gasteiger partial charge >= 0.3 is 0 Å². The maximum atomic E-state index is 6.71. The van der Waals surface area contributed by atoms with Gasteiger partial charge in [0.2, 0.25) is 11.5 Å². The molecule has 0 atom stereocenters. The lowest BCUT2D eigenvalue weighted by molar-refractivity contribution is 0.139. The lowest BCUT2D eigenvalue weighted by atomic mass is 9.84. The summed E-state index contributed by atoms with van der Waals surface area (Å²) in [6.07, 6.45) is 0. The van der Waals surface area contributed by atoms with Crippen molar-refractivity contribution in [2.24, 2.45) is 4.99 Å². The number of hydrogen-bond donors (Lipinski definition) is 0. The van der Waals surface area contributed by atoms with E-state index in [1.165, 1.54) is 0 Å². The maximum Gasteiger partial charge on any atom is 0.249 e. The number of benzene rings is 4. The topological polar surface area (TPSA) is 30.8 Å². The van der Waals surface area contributed by atoms with Gasteiger partial charge in [-0.3, -0.25) is 0 Å². The molecule has 0 N–H and O–H groups in total. The van der Waals surface area contributed by atoms with Crippen LogP contribution >= 0.6 is 46.4 Å². The lowest BCUT2D eigenvalue weighted by Crippen LogP contribution is -2.48. The van der Waals surface area contributed by atoms with Crippen LogP contribution in [0.1, 0.15) is 11.1 Å². The van der Waals surface area contributed by atoms with Crippen molar-refractivity contribution < 1.29 is 9.47 Å². The number of para-hydroxylation sites is 1. The Labute approximate surface area is 211 Å². The summed E-state index contributed by atoms with van der Waals surface area (Å²) in [7, 11) is 0. The van der Waals surface area contributed by atoms with E-state index in [9.17, 15) is 0 Å². The number of rotatable bonds is 3. The van der Waals surface area contributed by atoms with Crippen molar-refractivity contribution in [2.45, 2.75) is 5.60 Å². The Hall–Kier alpha value is -2.69. The van der Waals surface area contributed by atoms with Gasteiger partial charge in [-0.05, 0) is 12.1 Å². The van der Waals surface area contributed by atoms with Crippen LogP contribution in [0.2, 0.25) is 20.1 Å². The number of nitrogens with zero attached hydrogens (tertiary/aromatic N) is 1. The molecule has 4 aromatic rings. The van der Waals surface area contributed by atoms with E-state index in [1.807, 2.05) is 91.0 Å². The van der Waals surface area contributed by atoms with Gasteiger partial charge in [-0.15, -0.1) is 0 Å². The van der Waals surface area contributed by atoms with E-state index in [4.69, 9.17) is 60.9 Å². The highest BCUT2D eigenvalue weighted by molar-refractivity contribution is 6.53. The molecule has 0 bridgehead atoms. The van der Waals surface area contributed by atoms with Crippen LogP contribution < -0.4 is 9.47 Å². The standard InChI is InChI=1S/C26H15Cl4NO2/c27-19-20(28)22(30)24-23(21(19)29)32-25(31-18-14-8-3-9-15-18)26(33-24,16-10-4-1-5-11-16)17-12-6-2-7-13-17/h1-15H. The molecule has 3 nitrogen and oxygen atoms in total. The fraction of sp³-hybridized carbons (Fsp3) is 0.0385. The van der Waals surface area contributed by atoms with Gasteiger partial charge in [-0.1, -0.05) is 125 Å². The monoisotopic (exact) mass is 513 g/mol. The van der Waals surface area contributed by atoms with E-state index in [1.54, 1.807) is 0 Å². The largest absolute Gasteiger partial charge is 0.462 e. The average molecular weight is 515 g/mol. The summed E-state index contributed by atoms with van der Waals surface area (Å²) in [5, 5.41) is 0.369. The zero-order chi connectivity index (χ0) is 23.0. The number of aliphatic imine (C=N–C) groups is 1. The van der Waals surface area contributed by atoms with Crippen LogP contribution in [0.15, 0.2) is 96.0 Å². The van der Waals surface area contributed by atoms with Gasteiger partial charge < -0.3 is 9.47 Å². The zero-order valence-electron chi connectivity index (χ0n) is 16.9. The molecule has 0 radical (unpaired) electrons. The summed E-state index contributed by atoms with van der Waals surface area (Å²) in [4.78, 5) is 4.84. The van der Waals surface area contributed by atoms with E-state index < -0.39 is 5.60 Å². The molecule has 164 valence electrons. The Kier molecular flexibility index (Phi) is 5.98. The number of fused-ring (bicyclic) bond motifs is 1. The van der Waals surface area contributed by atoms with E-state index in [0.29, 0.717) is 5.69 Å². The summed E-state index contributed by atoms with van der Waals surface area (Å²) in [5.41, 5.74) is 0.984. The SMILES string of the molecule is Clc1c(Cl)c(Cl)c2c(c1Cl)OC(=Nc1ccccc1)C(c1ccccc1)(c1ccccc1)O2. The first-order valence-electron chi connectivity index (χ1n) is 10.0. The van der Waals surface area contributed by atoms with Gasteiger partial charge in [0.25, 0.3) is 0 Å². The van der Waals surface area contributed by atoms with Crippen molar-refractivity contribution in [3.05, 3.63) is 122 Å². The number of ether oxygens (including phenoxy) is 2. The summed E-state index contributed by atoms with van der Waals surface area (Å²) in [6, 6.07) is 28.7. The number of hydrogen-bond acceptors (Lipinski definition) is 3. The lowest BCUT2D eigenvalue weighted by Gasteiger charge is -2.40. The quantitative estimate of drug-likeness (QED) is 0.202. The molecule has 0 amide bonds. The van der Waals surface area contributed by atoms with Crippen molar-refractivity contribution >= 4 is 58.0 Å². The van der Waals surface area contributed by atoms with E-state index in [2.05, 4.69) is 0 Å². The highest BCUT2D eigenvalue weighted by atomic mass is 35.5. The first-order valence-corrected chi connectivity index (χ1v) is 11.5. The van der Waals surface area contributed by atoms with Crippen molar-refractivity contribution in [1.82, 2.24) is 0 Å². The van der Waals surface area contributed by atoms with Crippen LogP contribution in [0.5, 0.6) is 11.5 Å². The smallest absolute Gasteiger partial charge is 0.249 e. The van der Waals surface area contributed by atoms with Crippen LogP contribution in [0.3, 0.4) is 0 Å². The van der Waals surface area contributed by atoms with Crippen LogP contribution in [0.4, 0.5) is 5.69 Å². The third-order valence-corrected chi connectivity index (χ3v) is 7.05. The van der Waals surface area contributed by atoms with E-state index in [-0.39, 0.29) is 37.5 Å². The molecular formula is C26H15Cl4NO2. The zero-order valence-corrected chi connectivity index (χ0v) is 20.0. The third kappa shape index (κ3) is 3.75. The van der Waals surface area contributed by atoms with Gasteiger partial charge in [0.1, 0.15) is 10.0 Å². The van der Waals surface area contributed by atoms with Crippen LogP contribution in [0, 0.1) is 0 Å². The van der Waals surface area contributed by atoms with Crippen molar-refractivity contribution in [3.8, 4) is 11.5 Å². The summed E-state index contributed by atoms with van der Waals surface area (Å²) >= 11 is 25.8. The molecule has 1 aliphatic rings. The molecule has 0 unspecified atom stereocenters. The Bertz CT molecular complexity index is 1300. The second kappa shape index (κ2) is 8.92. The van der Waals surface area contributed by atoms with Crippen molar-refractivity contribution in [2.75, 3.05) is 0 Å². The average Bonchev–Trinajstić information content (AvgIpc) is 2.87. The predicted octanol–water partition coefficient (Wildman–Crippen LogP) is 8.75. The molecule has 4 aromatic carbocycles. The normalized spacial score (nSPS) is 15.5. The molecule has 0 aliphatic carbocycles. The second-order valence-electron chi connectivity index (χ2n) is 7.28. The highest BCUT2D eigenvalue weighted by Gasteiger charge is 2.50. The van der Waals surface area contributed by atoms with Crippen molar-refractivity contribution in [1.29, 1.82) is 0 Å². The Morgan fingerprint density at radius 2 is 1.00 bits per heavy atom. The molecule has 1 aliphatic heterocycles. The molecule has 0 saturated carbocycles. The highest BCUT2D eigenvalue weighted by Crippen LogP contribution is 2.56. The minimum Gasteiger partial charge on any atom is -0.462 e. The first-order chi connectivity index (χ1) is 16.0. The fourth-order valence-electron chi connectivity index (χ4n) is 3.74. The van der Waals surface area contributed by atoms with Crippen molar-refractivity contribution in [3.63, 3.8) is 0 Å². The van der Waals surface area contributed by atoms with Gasteiger partial charge in [-0.25, -0.2) is 4.99 Å². The molecule has 33 heavy (non-hydrogen) atoms. The maximum absolute atomic E-state index is 6.71. The summed E-state index contributed by atoms with van der Waals surface area (Å²) < 4.78 is 13.1. The van der Waals surface area contributed by atoms with Crippen LogP contribution in [0.25, 0.3) is 0 Å². The number of halogens is 4. The molecule has 7 heteroatoms. The molecule has 0 spiro atoms. The second-order valence-corrected chi connectivity index (χ2v) is 8.80. The third-order valence-electron chi connectivity index (χ3n) is 5.29. The summed E-state index contributed by atoms with van der Waals surface area (Å²) in [5.74, 6) is 0.610. The summed E-state index contributed by atoms with van der Waals surface area (Å²) in [6.45, 7) is 0. The van der Waals surface area contributed by atoms with Gasteiger partial charge in [-0.2, -0.15) is 0 Å². The van der Waals surface area contributed by atoms with Crippen LogP contribution in [-0.4, -0.2) is 5.90 Å². The first kappa shape index (κ1) is 22.1. The van der Waals surface area contributed by atoms with Gasteiger partial charge in [0.05, 0.1) is 15.7 Å². The van der Waals surface area contributed by atoms with Crippen LogP contribution in [-0.2, 0) is 5.60 Å². The molecule has 0 aromatic heterocycles. The molecular weight excluding hydrogens is 500 g/mol.